The summed E-state index contributed by atoms with van der Waals surface area (Å²) in [6.45, 7) is 3.85. The molecule has 3 rings (SSSR count). The van der Waals surface area contributed by atoms with E-state index in [0.717, 1.165) is 5.56 Å². The second-order valence-electron chi connectivity index (χ2n) is 5.23. The van der Waals surface area contributed by atoms with Gasteiger partial charge in [0.15, 0.2) is 11.5 Å². The van der Waals surface area contributed by atoms with Gasteiger partial charge in [0.1, 0.15) is 0 Å². The van der Waals surface area contributed by atoms with Crippen LogP contribution in [0.5, 0.6) is 11.5 Å². The molecule has 0 fully saturated rings. The van der Waals surface area contributed by atoms with E-state index in [-0.39, 0.29) is 11.7 Å². The van der Waals surface area contributed by atoms with Gasteiger partial charge in [-0.1, -0.05) is 17.7 Å². The number of sulfonamides is 1. The van der Waals surface area contributed by atoms with Crippen molar-refractivity contribution >= 4 is 16.2 Å². The minimum absolute atomic E-state index is 0.190. The summed E-state index contributed by atoms with van der Waals surface area (Å²) in [6.07, 6.45) is 1.42. The highest BCUT2D eigenvalue weighted by Gasteiger charge is 2.16. The molecule has 1 heterocycles. The zero-order valence-electron chi connectivity index (χ0n) is 12.7. The first-order valence-corrected chi connectivity index (χ1v) is 8.46. The maximum absolute atomic E-state index is 12.3. The number of nitrogens with zero attached hydrogens (tertiary/aromatic N) is 1. The molecule has 7 heteroatoms. The molecule has 1 aliphatic rings. The van der Waals surface area contributed by atoms with Gasteiger partial charge >= 0.3 is 0 Å². The first-order valence-electron chi connectivity index (χ1n) is 6.97. The van der Waals surface area contributed by atoms with Crippen molar-refractivity contribution in [1.29, 1.82) is 0 Å². The zero-order chi connectivity index (χ0) is 16.4. The Morgan fingerprint density at radius 1 is 1.09 bits per heavy atom. The van der Waals surface area contributed by atoms with Crippen LogP contribution in [0.15, 0.2) is 46.4 Å². The maximum Gasteiger partial charge on any atom is 0.276 e. The second kappa shape index (κ2) is 5.92. The summed E-state index contributed by atoms with van der Waals surface area (Å²) in [4.78, 5) is 2.44. The highest BCUT2D eigenvalue weighted by Crippen LogP contribution is 2.31. The van der Waals surface area contributed by atoms with Crippen molar-refractivity contribution in [2.24, 2.45) is 5.10 Å². The average Bonchev–Trinajstić information content (AvgIpc) is 2.94. The topological polar surface area (TPSA) is 77.0 Å². The Balaban J connectivity index is 1.76. The average molecular weight is 332 g/mol. The number of hydrogen-bond donors (Lipinski definition) is 1. The molecule has 0 unspecified atom stereocenters. The third kappa shape index (κ3) is 3.29. The Hall–Kier alpha value is -2.54. The number of fused-ring (bicyclic) bond motifs is 1. The Bertz CT molecular complexity index is 876. The van der Waals surface area contributed by atoms with E-state index in [4.69, 9.17) is 9.47 Å². The number of benzene rings is 2. The molecule has 6 nitrogen and oxygen atoms in total. The molecule has 0 aromatic heterocycles. The number of nitrogens with one attached hydrogen (secondary N) is 1. The molecule has 23 heavy (non-hydrogen) atoms. The third-order valence-corrected chi connectivity index (χ3v) is 4.79. The molecule has 2 aromatic rings. The van der Waals surface area contributed by atoms with E-state index in [2.05, 4.69) is 9.93 Å². The largest absolute Gasteiger partial charge is 0.454 e. The summed E-state index contributed by atoms with van der Waals surface area (Å²) in [5, 5.41) is 3.82. The van der Waals surface area contributed by atoms with Crippen LogP contribution in [0.25, 0.3) is 0 Å². The van der Waals surface area contributed by atoms with Crippen molar-refractivity contribution in [3.8, 4) is 11.5 Å². The van der Waals surface area contributed by atoms with Crippen LogP contribution in [0.1, 0.15) is 16.7 Å². The summed E-state index contributed by atoms with van der Waals surface area (Å²) in [7, 11) is -3.69. The molecule has 0 atom stereocenters. The highest BCUT2D eigenvalue weighted by atomic mass is 32.2. The van der Waals surface area contributed by atoms with Crippen LogP contribution in [-0.4, -0.2) is 21.4 Å². The van der Waals surface area contributed by atoms with Crippen LogP contribution < -0.4 is 14.3 Å². The van der Waals surface area contributed by atoms with E-state index in [1.54, 1.807) is 37.3 Å². The number of aryl methyl sites for hydroxylation is 2. The van der Waals surface area contributed by atoms with E-state index < -0.39 is 10.0 Å². The molecule has 0 aliphatic carbocycles. The Labute approximate surface area is 134 Å². The minimum Gasteiger partial charge on any atom is -0.454 e. The van der Waals surface area contributed by atoms with Crippen molar-refractivity contribution < 1.29 is 17.9 Å². The normalized spacial score (nSPS) is 13.5. The van der Waals surface area contributed by atoms with Crippen LogP contribution in [0, 0.1) is 13.8 Å². The molecule has 0 saturated heterocycles. The monoisotopic (exact) mass is 332 g/mol. The van der Waals surface area contributed by atoms with Crippen LogP contribution in [0.2, 0.25) is 0 Å². The molecule has 0 spiro atoms. The van der Waals surface area contributed by atoms with Gasteiger partial charge in [-0.25, -0.2) is 4.83 Å². The highest BCUT2D eigenvalue weighted by molar-refractivity contribution is 7.89. The molecule has 0 bridgehead atoms. The first kappa shape index (κ1) is 15.4. The number of hydrogen-bond acceptors (Lipinski definition) is 5. The van der Waals surface area contributed by atoms with Gasteiger partial charge < -0.3 is 9.47 Å². The minimum atomic E-state index is -3.69. The first-order chi connectivity index (χ1) is 11.0. The van der Waals surface area contributed by atoms with Gasteiger partial charge in [0.2, 0.25) is 6.79 Å². The standard InChI is InChI=1S/C16H16N2O4S/c1-11-3-6-16(12(2)7-11)23(19,20)18-17-9-13-4-5-14-15(8-13)22-10-21-14/h3-9,18H,10H2,1-2H3. The number of hydrazone groups is 1. The summed E-state index contributed by atoms with van der Waals surface area (Å²) in [5.74, 6) is 1.28. The van der Waals surface area contributed by atoms with Gasteiger partial charge in [0, 0.05) is 0 Å². The second-order valence-corrected chi connectivity index (χ2v) is 6.86. The van der Waals surface area contributed by atoms with Gasteiger partial charge in [-0.05, 0) is 49.2 Å². The fourth-order valence-electron chi connectivity index (χ4n) is 2.31. The molecule has 1 N–H and O–H groups in total. The summed E-state index contributed by atoms with van der Waals surface area (Å²) in [5.41, 5.74) is 2.39. The molecule has 0 amide bonds. The van der Waals surface area contributed by atoms with E-state index in [1.807, 2.05) is 13.0 Å². The van der Waals surface area contributed by atoms with Crippen LogP contribution >= 0.6 is 0 Å². The predicted molar refractivity (Wildman–Crippen MR) is 86.4 cm³/mol. The van der Waals surface area contributed by atoms with Crippen molar-refractivity contribution in [2.75, 3.05) is 6.79 Å². The van der Waals surface area contributed by atoms with Crippen LogP contribution in [0.4, 0.5) is 0 Å². The van der Waals surface area contributed by atoms with E-state index in [9.17, 15) is 8.42 Å². The summed E-state index contributed by atoms with van der Waals surface area (Å²) >= 11 is 0. The Kier molecular flexibility index (Phi) is 3.96. The zero-order valence-corrected chi connectivity index (χ0v) is 13.6. The van der Waals surface area contributed by atoms with Gasteiger partial charge in [-0.15, -0.1) is 0 Å². The fraction of sp³-hybridized carbons (Fsp3) is 0.188. The van der Waals surface area contributed by atoms with Crippen molar-refractivity contribution in [3.63, 3.8) is 0 Å². The lowest BCUT2D eigenvalue weighted by Gasteiger charge is -2.07. The predicted octanol–water partition coefficient (Wildman–Crippen LogP) is 2.34. The molecule has 0 radical (unpaired) electrons. The van der Waals surface area contributed by atoms with Crippen molar-refractivity contribution in [3.05, 3.63) is 53.1 Å². The fourth-order valence-corrected chi connectivity index (χ4v) is 3.33. The molecule has 120 valence electrons. The Morgan fingerprint density at radius 3 is 2.65 bits per heavy atom. The van der Waals surface area contributed by atoms with Gasteiger partial charge in [-0.3, -0.25) is 0 Å². The van der Waals surface area contributed by atoms with E-state index in [0.29, 0.717) is 22.6 Å². The SMILES string of the molecule is Cc1ccc(S(=O)(=O)NN=Cc2ccc3c(c2)OCO3)c(C)c1. The smallest absolute Gasteiger partial charge is 0.276 e. The Morgan fingerprint density at radius 2 is 1.87 bits per heavy atom. The van der Waals surface area contributed by atoms with Crippen molar-refractivity contribution in [1.82, 2.24) is 4.83 Å². The lowest BCUT2D eigenvalue weighted by atomic mass is 10.2. The van der Waals surface area contributed by atoms with Crippen LogP contribution in [0.3, 0.4) is 0 Å². The maximum atomic E-state index is 12.3. The quantitative estimate of drug-likeness (QED) is 0.689. The lowest BCUT2D eigenvalue weighted by molar-refractivity contribution is 0.174. The third-order valence-electron chi connectivity index (χ3n) is 3.40. The molecule has 1 aliphatic heterocycles. The summed E-state index contributed by atoms with van der Waals surface area (Å²) in [6, 6.07) is 10.4. The lowest BCUT2D eigenvalue weighted by Crippen LogP contribution is -2.19. The van der Waals surface area contributed by atoms with Gasteiger partial charge in [-0.2, -0.15) is 13.5 Å². The van der Waals surface area contributed by atoms with Crippen molar-refractivity contribution in [2.45, 2.75) is 18.7 Å². The molecular weight excluding hydrogens is 316 g/mol. The van der Waals surface area contributed by atoms with Gasteiger partial charge in [0.05, 0.1) is 11.1 Å². The van der Waals surface area contributed by atoms with E-state index >= 15 is 0 Å². The van der Waals surface area contributed by atoms with Gasteiger partial charge in [0.25, 0.3) is 10.0 Å². The number of rotatable bonds is 4. The van der Waals surface area contributed by atoms with E-state index in [1.165, 1.54) is 6.21 Å². The summed E-state index contributed by atoms with van der Waals surface area (Å²) < 4.78 is 35.0. The molecule has 2 aromatic carbocycles. The molecule has 0 saturated carbocycles. The number of ether oxygens (including phenoxy) is 2. The van der Waals surface area contributed by atoms with Crippen LogP contribution in [-0.2, 0) is 10.0 Å². The molecular formula is C16H16N2O4S.